The molecule has 6 nitrogen and oxygen atoms in total. The number of nitrogens with one attached hydrogen (secondary N) is 1. The normalized spacial score (nSPS) is 20.6. The molecule has 0 bridgehead atoms. The molecule has 1 aromatic rings. The van der Waals surface area contributed by atoms with Crippen molar-refractivity contribution < 1.29 is 18.3 Å². The van der Waals surface area contributed by atoms with E-state index in [4.69, 9.17) is 11.6 Å². The molecule has 1 aliphatic heterocycles. The number of likely N-dealkylation sites (N-methyl/N-ethyl adjacent to an activating group) is 1. The lowest BCUT2D eigenvalue weighted by Crippen LogP contribution is -2.38. The molecule has 1 saturated heterocycles. The molecule has 1 unspecified atom stereocenters. The van der Waals surface area contributed by atoms with Crippen molar-refractivity contribution in [2.75, 3.05) is 30.4 Å². The molecule has 2 N–H and O–H groups in total. The van der Waals surface area contributed by atoms with E-state index in [0.29, 0.717) is 11.4 Å². The summed E-state index contributed by atoms with van der Waals surface area (Å²) in [5.41, 5.74) is 0.236. The van der Waals surface area contributed by atoms with Crippen molar-refractivity contribution in [2.24, 2.45) is 0 Å². The number of benzene rings is 1. The first kappa shape index (κ1) is 16.1. The lowest BCUT2D eigenvalue weighted by Gasteiger charge is -2.22. The zero-order valence-electron chi connectivity index (χ0n) is 11.5. The van der Waals surface area contributed by atoms with Crippen LogP contribution in [0.1, 0.15) is 6.42 Å². The number of carbonyl (C=O) groups is 1. The smallest absolute Gasteiger partial charge is 0.238 e. The van der Waals surface area contributed by atoms with Crippen LogP contribution < -0.4 is 5.32 Å². The fourth-order valence-corrected chi connectivity index (χ4v) is 4.25. The van der Waals surface area contributed by atoms with Crippen LogP contribution >= 0.6 is 11.6 Å². The summed E-state index contributed by atoms with van der Waals surface area (Å²) in [6.07, 6.45) is 0.536. The Morgan fingerprint density at radius 2 is 2.24 bits per heavy atom. The SMILES string of the molecule is CN(CC(=O)Nc1cc(Cl)ccc1O)C1CCS(=O)(=O)C1. The highest BCUT2D eigenvalue weighted by Crippen LogP contribution is 2.26. The topological polar surface area (TPSA) is 86.7 Å². The summed E-state index contributed by atoms with van der Waals surface area (Å²) >= 11 is 5.80. The van der Waals surface area contributed by atoms with Crippen LogP contribution in [0.2, 0.25) is 5.02 Å². The minimum atomic E-state index is -2.98. The van der Waals surface area contributed by atoms with Gasteiger partial charge in [-0.3, -0.25) is 9.69 Å². The van der Waals surface area contributed by atoms with Gasteiger partial charge in [-0.2, -0.15) is 0 Å². The van der Waals surface area contributed by atoms with Gasteiger partial charge in [-0.25, -0.2) is 8.42 Å². The largest absolute Gasteiger partial charge is 0.506 e. The number of anilines is 1. The second-order valence-corrected chi connectivity index (χ2v) is 7.85. The van der Waals surface area contributed by atoms with Crippen molar-refractivity contribution in [3.05, 3.63) is 23.2 Å². The number of phenolic OH excluding ortho intramolecular Hbond substituents is 1. The summed E-state index contributed by atoms with van der Waals surface area (Å²) in [5, 5.41) is 12.6. The van der Waals surface area contributed by atoms with E-state index >= 15 is 0 Å². The molecule has 8 heteroatoms. The van der Waals surface area contributed by atoms with E-state index in [9.17, 15) is 18.3 Å². The number of amides is 1. The molecule has 0 aliphatic carbocycles. The predicted molar refractivity (Wildman–Crippen MR) is 81.4 cm³/mol. The van der Waals surface area contributed by atoms with Gasteiger partial charge in [0.1, 0.15) is 5.75 Å². The van der Waals surface area contributed by atoms with Gasteiger partial charge in [0.05, 0.1) is 23.7 Å². The molecule has 1 aromatic carbocycles. The Labute approximate surface area is 128 Å². The van der Waals surface area contributed by atoms with E-state index in [-0.39, 0.29) is 41.4 Å². The highest BCUT2D eigenvalue weighted by Gasteiger charge is 2.31. The standard InChI is InChI=1S/C13H17ClN2O4S/c1-16(10-4-5-21(19,20)8-10)7-13(18)15-11-6-9(14)2-3-12(11)17/h2-3,6,10,17H,4-5,7-8H2,1H3,(H,15,18). The average Bonchev–Trinajstić information content (AvgIpc) is 2.74. The summed E-state index contributed by atoms with van der Waals surface area (Å²) in [5.74, 6) is -0.157. The third-order valence-electron chi connectivity index (χ3n) is 3.46. The van der Waals surface area contributed by atoms with Crippen molar-refractivity contribution in [3.8, 4) is 5.75 Å². The molecule has 1 fully saturated rings. The van der Waals surface area contributed by atoms with Gasteiger partial charge in [0.15, 0.2) is 9.84 Å². The number of halogens is 1. The van der Waals surface area contributed by atoms with Crippen LogP contribution in [0.5, 0.6) is 5.75 Å². The molecule has 21 heavy (non-hydrogen) atoms. The van der Waals surface area contributed by atoms with E-state index in [1.807, 2.05) is 0 Å². The van der Waals surface area contributed by atoms with Crippen LogP contribution in [-0.2, 0) is 14.6 Å². The molecule has 0 spiro atoms. The Kier molecular flexibility index (Phi) is 4.75. The Balaban J connectivity index is 1.94. The predicted octanol–water partition coefficient (Wildman–Crippen LogP) is 1.10. The number of rotatable bonds is 4. The summed E-state index contributed by atoms with van der Waals surface area (Å²) in [4.78, 5) is 13.7. The first-order valence-electron chi connectivity index (χ1n) is 6.46. The summed E-state index contributed by atoms with van der Waals surface area (Å²) in [7, 11) is -1.27. The van der Waals surface area contributed by atoms with Crippen LogP contribution in [0.15, 0.2) is 18.2 Å². The zero-order valence-corrected chi connectivity index (χ0v) is 13.1. The van der Waals surface area contributed by atoms with Gasteiger partial charge in [-0.1, -0.05) is 11.6 Å². The summed E-state index contributed by atoms with van der Waals surface area (Å²) < 4.78 is 22.9. The molecular weight excluding hydrogens is 316 g/mol. The van der Waals surface area contributed by atoms with Gasteiger partial charge in [0, 0.05) is 11.1 Å². The molecule has 0 aromatic heterocycles. The number of hydrogen-bond donors (Lipinski definition) is 2. The third-order valence-corrected chi connectivity index (χ3v) is 5.44. The summed E-state index contributed by atoms with van der Waals surface area (Å²) in [6.45, 7) is 0.0478. The molecule has 1 amide bonds. The van der Waals surface area contributed by atoms with Gasteiger partial charge in [-0.05, 0) is 31.7 Å². The van der Waals surface area contributed by atoms with Crippen molar-refractivity contribution in [1.29, 1.82) is 0 Å². The van der Waals surface area contributed by atoms with Gasteiger partial charge < -0.3 is 10.4 Å². The molecule has 2 rings (SSSR count). The van der Waals surface area contributed by atoms with Gasteiger partial charge in [0.2, 0.25) is 5.91 Å². The monoisotopic (exact) mass is 332 g/mol. The van der Waals surface area contributed by atoms with E-state index in [1.165, 1.54) is 18.2 Å². The van der Waals surface area contributed by atoms with E-state index in [2.05, 4.69) is 5.32 Å². The van der Waals surface area contributed by atoms with Crippen molar-refractivity contribution in [3.63, 3.8) is 0 Å². The number of phenols is 1. The second-order valence-electron chi connectivity index (χ2n) is 5.18. The molecule has 1 aliphatic rings. The van der Waals surface area contributed by atoms with E-state index in [0.717, 1.165) is 0 Å². The highest BCUT2D eigenvalue weighted by molar-refractivity contribution is 7.91. The minimum Gasteiger partial charge on any atom is -0.506 e. The van der Waals surface area contributed by atoms with Crippen LogP contribution in [-0.4, -0.2) is 55.5 Å². The number of hydrogen-bond acceptors (Lipinski definition) is 5. The Morgan fingerprint density at radius 1 is 1.52 bits per heavy atom. The van der Waals surface area contributed by atoms with Crippen molar-refractivity contribution >= 4 is 33.0 Å². The molecule has 116 valence electrons. The van der Waals surface area contributed by atoms with Crippen LogP contribution in [0.25, 0.3) is 0 Å². The molecule has 1 atom stereocenters. The fourth-order valence-electron chi connectivity index (χ4n) is 2.28. The first-order chi connectivity index (χ1) is 9.77. The molecular formula is C13H17ClN2O4S. The molecule has 1 heterocycles. The Bertz CT molecular complexity index is 648. The molecule has 0 radical (unpaired) electrons. The average molecular weight is 333 g/mol. The highest BCUT2D eigenvalue weighted by atomic mass is 35.5. The summed E-state index contributed by atoms with van der Waals surface area (Å²) in [6, 6.07) is 4.22. The van der Waals surface area contributed by atoms with Crippen LogP contribution in [0.4, 0.5) is 5.69 Å². The maximum absolute atomic E-state index is 11.9. The van der Waals surface area contributed by atoms with Gasteiger partial charge in [0.25, 0.3) is 0 Å². The fraction of sp³-hybridized carbons (Fsp3) is 0.462. The van der Waals surface area contributed by atoms with E-state index < -0.39 is 9.84 Å². The quantitative estimate of drug-likeness (QED) is 0.806. The second kappa shape index (κ2) is 6.21. The van der Waals surface area contributed by atoms with Crippen LogP contribution in [0, 0.1) is 0 Å². The van der Waals surface area contributed by atoms with Gasteiger partial charge >= 0.3 is 0 Å². The third kappa shape index (κ3) is 4.33. The van der Waals surface area contributed by atoms with Crippen molar-refractivity contribution in [1.82, 2.24) is 4.90 Å². The maximum atomic E-state index is 11.9. The Morgan fingerprint density at radius 3 is 2.86 bits per heavy atom. The molecule has 0 saturated carbocycles. The number of nitrogens with zero attached hydrogens (tertiary/aromatic N) is 1. The Hall–Kier alpha value is -1.31. The number of carbonyl (C=O) groups excluding carboxylic acids is 1. The number of aromatic hydroxyl groups is 1. The lowest BCUT2D eigenvalue weighted by molar-refractivity contribution is -0.117. The van der Waals surface area contributed by atoms with Crippen molar-refractivity contribution in [2.45, 2.75) is 12.5 Å². The zero-order chi connectivity index (χ0) is 15.6. The van der Waals surface area contributed by atoms with Crippen LogP contribution in [0.3, 0.4) is 0 Å². The first-order valence-corrected chi connectivity index (χ1v) is 8.66. The number of sulfone groups is 1. The maximum Gasteiger partial charge on any atom is 0.238 e. The van der Waals surface area contributed by atoms with E-state index in [1.54, 1.807) is 11.9 Å². The minimum absolute atomic E-state index is 0.0478. The lowest BCUT2D eigenvalue weighted by atomic mass is 10.2. The van der Waals surface area contributed by atoms with Gasteiger partial charge in [-0.15, -0.1) is 0 Å².